The number of carbonyl (C=O) groups excluding carboxylic acids is 1. The molecule has 2 aromatic heterocycles. The fourth-order valence-electron chi connectivity index (χ4n) is 2.02. The number of hydrogen-bond acceptors (Lipinski definition) is 4. The van der Waals surface area contributed by atoms with E-state index in [0.717, 1.165) is 0 Å². The smallest absolute Gasteiger partial charge is 0.271 e. The number of rotatable bonds is 5. The second kappa shape index (κ2) is 5.66. The Morgan fingerprint density at radius 1 is 1.55 bits per heavy atom. The van der Waals surface area contributed by atoms with Gasteiger partial charge in [-0.15, -0.1) is 11.3 Å². The van der Waals surface area contributed by atoms with E-state index in [-0.39, 0.29) is 11.3 Å². The molecule has 0 saturated carbocycles. The third-order valence-corrected chi connectivity index (χ3v) is 4.50. The minimum absolute atomic E-state index is 0.102. The zero-order valence-corrected chi connectivity index (χ0v) is 12.8. The fourth-order valence-corrected chi connectivity index (χ4v) is 2.88. The first-order valence-corrected chi connectivity index (χ1v) is 7.47. The molecule has 0 radical (unpaired) electrons. The van der Waals surface area contributed by atoms with Crippen LogP contribution in [-0.4, -0.2) is 22.2 Å². The van der Waals surface area contributed by atoms with Crippen molar-refractivity contribution in [3.63, 3.8) is 0 Å². The molecule has 0 aliphatic rings. The van der Waals surface area contributed by atoms with Crippen LogP contribution in [0.3, 0.4) is 0 Å². The maximum atomic E-state index is 12.3. The Bertz CT molecular complexity index is 586. The highest BCUT2D eigenvalue weighted by Gasteiger charge is 2.24. The Morgan fingerprint density at radius 2 is 2.30 bits per heavy atom. The van der Waals surface area contributed by atoms with Gasteiger partial charge in [0, 0.05) is 23.4 Å². The van der Waals surface area contributed by atoms with Gasteiger partial charge in [0.1, 0.15) is 5.69 Å². The molecule has 6 heteroatoms. The molecule has 2 rings (SSSR count). The van der Waals surface area contributed by atoms with Gasteiger partial charge in [-0.05, 0) is 18.4 Å². The predicted molar refractivity (Wildman–Crippen MR) is 82.0 cm³/mol. The topological polar surface area (TPSA) is 72.9 Å². The third kappa shape index (κ3) is 2.85. The van der Waals surface area contributed by atoms with Crippen LogP contribution in [0.25, 0.3) is 0 Å². The number of hydrogen-bond donors (Lipinski definition) is 2. The number of carbonyl (C=O) groups is 1. The lowest BCUT2D eigenvalue weighted by atomic mass is 9.91. The number of thiophene rings is 1. The van der Waals surface area contributed by atoms with Crippen LogP contribution in [0.2, 0.25) is 0 Å². The van der Waals surface area contributed by atoms with Crippen LogP contribution in [0, 0.1) is 0 Å². The van der Waals surface area contributed by atoms with E-state index in [9.17, 15) is 4.79 Å². The average Bonchev–Trinajstić information content (AvgIpc) is 3.05. The number of anilines is 1. The van der Waals surface area contributed by atoms with Crippen molar-refractivity contribution in [1.82, 2.24) is 15.1 Å². The van der Waals surface area contributed by atoms with Gasteiger partial charge < -0.3 is 11.1 Å². The molecule has 0 spiro atoms. The standard InChI is InChI=1S/C14H20N4OS/c1-4-18-12(10(15)8-17-18)13(19)16-9-14(2,3)11-6-5-7-20-11/h5-8H,4,9,15H2,1-3H3,(H,16,19). The van der Waals surface area contributed by atoms with Crippen LogP contribution in [0.15, 0.2) is 23.7 Å². The first-order chi connectivity index (χ1) is 9.45. The molecule has 0 aliphatic carbocycles. The third-order valence-electron chi connectivity index (χ3n) is 3.26. The van der Waals surface area contributed by atoms with Gasteiger partial charge in [-0.1, -0.05) is 19.9 Å². The largest absolute Gasteiger partial charge is 0.396 e. The molecular formula is C14H20N4OS. The first-order valence-electron chi connectivity index (χ1n) is 6.59. The number of nitrogens with two attached hydrogens (primary N) is 1. The molecule has 0 atom stereocenters. The number of nitrogen functional groups attached to an aromatic ring is 1. The molecule has 1 amide bonds. The highest BCUT2D eigenvalue weighted by atomic mass is 32.1. The van der Waals surface area contributed by atoms with Crippen molar-refractivity contribution >= 4 is 22.9 Å². The summed E-state index contributed by atoms with van der Waals surface area (Å²) in [5.74, 6) is -0.175. The molecule has 0 unspecified atom stereocenters. The molecule has 2 heterocycles. The number of amides is 1. The first kappa shape index (κ1) is 14.6. The normalized spacial score (nSPS) is 11.6. The van der Waals surface area contributed by atoms with Gasteiger partial charge in [0.25, 0.3) is 5.91 Å². The summed E-state index contributed by atoms with van der Waals surface area (Å²) in [5, 5.41) is 9.08. The van der Waals surface area contributed by atoms with E-state index in [4.69, 9.17) is 5.73 Å². The number of aromatic nitrogens is 2. The van der Waals surface area contributed by atoms with Crippen molar-refractivity contribution in [2.24, 2.45) is 0 Å². The Labute approximate surface area is 122 Å². The van der Waals surface area contributed by atoms with Crippen molar-refractivity contribution in [2.75, 3.05) is 12.3 Å². The molecule has 5 nitrogen and oxygen atoms in total. The Hall–Kier alpha value is -1.82. The maximum Gasteiger partial charge on any atom is 0.271 e. The number of nitrogens with zero attached hydrogens (tertiary/aromatic N) is 2. The zero-order valence-electron chi connectivity index (χ0n) is 12.0. The summed E-state index contributed by atoms with van der Waals surface area (Å²) in [5.41, 5.74) is 6.56. The van der Waals surface area contributed by atoms with Gasteiger partial charge in [0.2, 0.25) is 0 Å². The molecule has 0 aromatic carbocycles. The highest BCUT2D eigenvalue weighted by Crippen LogP contribution is 2.26. The summed E-state index contributed by atoms with van der Waals surface area (Å²) < 4.78 is 1.61. The lowest BCUT2D eigenvalue weighted by molar-refractivity contribution is 0.0936. The van der Waals surface area contributed by atoms with Crippen molar-refractivity contribution in [1.29, 1.82) is 0 Å². The molecular weight excluding hydrogens is 272 g/mol. The monoisotopic (exact) mass is 292 g/mol. The van der Waals surface area contributed by atoms with Gasteiger partial charge >= 0.3 is 0 Å². The van der Waals surface area contributed by atoms with Gasteiger partial charge in [-0.2, -0.15) is 5.10 Å². The Balaban J connectivity index is 2.07. The van der Waals surface area contributed by atoms with Gasteiger partial charge in [-0.3, -0.25) is 9.48 Å². The zero-order chi connectivity index (χ0) is 14.8. The van der Waals surface area contributed by atoms with Crippen LogP contribution in [0.1, 0.15) is 36.1 Å². The van der Waals surface area contributed by atoms with Gasteiger partial charge in [-0.25, -0.2) is 0 Å². The Morgan fingerprint density at radius 3 is 2.90 bits per heavy atom. The lowest BCUT2D eigenvalue weighted by Crippen LogP contribution is -2.37. The summed E-state index contributed by atoms with van der Waals surface area (Å²) in [6, 6.07) is 4.11. The van der Waals surface area contributed by atoms with Crippen LogP contribution in [0.4, 0.5) is 5.69 Å². The molecule has 0 saturated heterocycles. The van der Waals surface area contributed by atoms with E-state index >= 15 is 0 Å². The van der Waals surface area contributed by atoms with Crippen molar-refractivity contribution in [3.05, 3.63) is 34.3 Å². The predicted octanol–water partition coefficient (Wildman–Crippen LogP) is 2.25. The SMILES string of the molecule is CCn1ncc(N)c1C(=O)NCC(C)(C)c1cccs1. The molecule has 2 aromatic rings. The molecule has 3 N–H and O–H groups in total. The summed E-state index contributed by atoms with van der Waals surface area (Å²) >= 11 is 1.70. The summed E-state index contributed by atoms with van der Waals surface area (Å²) in [4.78, 5) is 13.5. The van der Waals surface area contributed by atoms with E-state index in [2.05, 4.69) is 30.3 Å². The van der Waals surface area contributed by atoms with E-state index in [0.29, 0.717) is 24.5 Å². The molecule has 0 fully saturated rings. The minimum atomic E-state index is -0.175. The van der Waals surface area contributed by atoms with Crippen LogP contribution < -0.4 is 11.1 Å². The van der Waals surface area contributed by atoms with E-state index < -0.39 is 0 Å². The lowest BCUT2D eigenvalue weighted by Gasteiger charge is -2.23. The quantitative estimate of drug-likeness (QED) is 0.887. The molecule has 0 bridgehead atoms. The minimum Gasteiger partial charge on any atom is -0.396 e. The molecule has 108 valence electrons. The van der Waals surface area contributed by atoms with Crippen LogP contribution in [-0.2, 0) is 12.0 Å². The summed E-state index contributed by atoms with van der Waals surface area (Å²) in [6.07, 6.45) is 1.52. The van der Waals surface area contributed by atoms with Crippen molar-refractivity contribution < 1.29 is 4.79 Å². The van der Waals surface area contributed by atoms with Gasteiger partial charge in [0.05, 0.1) is 11.9 Å². The summed E-state index contributed by atoms with van der Waals surface area (Å²) in [7, 11) is 0. The fraction of sp³-hybridized carbons (Fsp3) is 0.429. The Kier molecular flexibility index (Phi) is 4.13. The number of nitrogens with one attached hydrogen (secondary N) is 1. The second-order valence-corrected chi connectivity index (χ2v) is 6.26. The maximum absolute atomic E-state index is 12.3. The summed E-state index contributed by atoms with van der Waals surface area (Å²) in [6.45, 7) is 7.33. The highest BCUT2D eigenvalue weighted by molar-refractivity contribution is 7.10. The van der Waals surface area contributed by atoms with E-state index in [1.807, 2.05) is 18.4 Å². The van der Waals surface area contributed by atoms with Crippen molar-refractivity contribution in [2.45, 2.75) is 32.7 Å². The van der Waals surface area contributed by atoms with Crippen molar-refractivity contribution in [3.8, 4) is 0 Å². The molecule has 0 aliphatic heterocycles. The molecule has 20 heavy (non-hydrogen) atoms. The van der Waals surface area contributed by atoms with Gasteiger partial charge in [0.15, 0.2) is 0 Å². The van der Waals surface area contributed by atoms with E-state index in [1.54, 1.807) is 16.0 Å². The van der Waals surface area contributed by atoms with Crippen LogP contribution in [0.5, 0.6) is 0 Å². The average molecular weight is 292 g/mol. The second-order valence-electron chi connectivity index (χ2n) is 5.31. The van der Waals surface area contributed by atoms with Crippen LogP contribution >= 0.6 is 11.3 Å². The van der Waals surface area contributed by atoms with E-state index in [1.165, 1.54) is 11.1 Å². The number of aryl methyl sites for hydroxylation is 1.